The van der Waals surface area contributed by atoms with E-state index in [0.29, 0.717) is 0 Å². The van der Waals surface area contributed by atoms with Crippen LogP contribution in [0.4, 0.5) is 0 Å². The van der Waals surface area contributed by atoms with Crippen molar-refractivity contribution in [1.82, 2.24) is 0 Å². The van der Waals surface area contributed by atoms with E-state index in [0.717, 1.165) is 40.4 Å². The Labute approximate surface area is 382 Å². The first-order valence-corrected chi connectivity index (χ1v) is 21.4. The van der Waals surface area contributed by atoms with Crippen molar-refractivity contribution < 1.29 is 85.7 Å². The van der Waals surface area contributed by atoms with E-state index in [1.54, 1.807) is 86.6 Å². The van der Waals surface area contributed by atoms with Crippen LogP contribution >= 0.6 is 0 Å². The lowest BCUT2D eigenvalue weighted by atomic mass is 9.84. The third kappa shape index (κ3) is 13.4. The van der Waals surface area contributed by atoms with E-state index in [4.69, 9.17) is 52.1 Å². The van der Waals surface area contributed by atoms with E-state index >= 15 is 0 Å². The molecule has 18 heteroatoms. The van der Waals surface area contributed by atoms with Gasteiger partial charge in [-0.3, -0.25) is 19.2 Å². The van der Waals surface area contributed by atoms with Crippen molar-refractivity contribution in [1.29, 1.82) is 0 Å². The molecule has 3 aromatic carbocycles. The Bertz CT molecular complexity index is 2110. The predicted molar refractivity (Wildman–Crippen MR) is 228 cm³/mol. The molecule has 5 rings (SSSR count). The van der Waals surface area contributed by atoms with Gasteiger partial charge in [-0.15, -0.1) is 0 Å². The van der Waals surface area contributed by atoms with Crippen LogP contribution < -0.4 is 0 Å². The molecule has 11 atom stereocenters. The molecule has 66 heavy (non-hydrogen) atoms. The molecule has 356 valence electrons. The molecule has 0 radical (unpaired) electrons. The van der Waals surface area contributed by atoms with E-state index in [1.165, 1.54) is 0 Å². The molecular weight excluding hydrogens is 865 g/mol. The minimum Gasteiger partial charge on any atom is -0.465 e. The molecule has 0 N–H and O–H groups in total. The van der Waals surface area contributed by atoms with Crippen molar-refractivity contribution in [2.45, 2.75) is 122 Å². The molecule has 18 nitrogen and oxygen atoms in total. The van der Waals surface area contributed by atoms with Gasteiger partial charge in [0.15, 0.2) is 24.4 Å². The Morgan fingerprint density at radius 3 is 1.76 bits per heavy atom. The Morgan fingerprint density at radius 2 is 1.24 bits per heavy atom. The van der Waals surface area contributed by atoms with Gasteiger partial charge in [0.1, 0.15) is 31.0 Å². The maximum absolute atomic E-state index is 14.2. The summed E-state index contributed by atoms with van der Waals surface area (Å²) in [5.74, 6) is -9.19. The van der Waals surface area contributed by atoms with Crippen LogP contribution in [-0.4, -0.2) is 123 Å². The fourth-order valence-corrected chi connectivity index (χ4v) is 7.81. The van der Waals surface area contributed by atoms with Crippen molar-refractivity contribution in [2.75, 3.05) is 20.3 Å². The minimum atomic E-state index is -2.48. The minimum absolute atomic E-state index is 0.0579. The van der Waals surface area contributed by atoms with E-state index < -0.39 is 128 Å². The highest BCUT2D eigenvalue weighted by Gasteiger charge is 2.59. The topological polar surface area (TPSA) is 221 Å². The van der Waals surface area contributed by atoms with E-state index in [9.17, 15) is 33.6 Å². The van der Waals surface area contributed by atoms with Gasteiger partial charge in [0.05, 0.1) is 44.0 Å². The molecule has 0 amide bonds. The average molecular weight is 921 g/mol. The van der Waals surface area contributed by atoms with Crippen LogP contribution in [0.5, 0.6) is 0 Å². The summed E-state index contributed by atoms with van der Waals surface area (Å²) >= 11 is 0. The van der Waals surface area contributed by atoms with Crippen molar-refractivity contribution in [3.05, 3.63) is 108 Å². The summed E-state index contributed by atoms with van der Waals surface area (Å²) in [6.07, 6.45) is -12.1. The summed E-state index contributed by atoms with van der Waals surface area (Å²) in [5.41, 5.74) is 1.14. The van der Waals surface area contributed by atoms with Crippen LogP contribution in [0.3, 0.4) is 0 Å². The number of carbonyl (C=O) groups is 7. The zero-order valence-corrected chi connectivity index (χ0v) is 37.8. The second-order valence-electron chi connectivity index (χ2n) is 15.7. The third-order valence-corrected chi connectivity index (χ3v) is 10.9. The monoisotopic (exact) mass is 920 g/mol. The molecule has 0 spiro atoms. The van der Waals surface area contributed by atoms with Gasteiger partial charge in [0, 0.05) is 33.6 Å². The zero-order chi connectivity index (χ0) is 48.0. The van der Waals surface area contributed by atoms with Gasteiger partial charge in [-0.25, -0.2) is 14.4 Å². The first-order valence-electron chi connectivity index (χ1n) is 21.4. The van der Waals surface area contributed by atoms with Crippen molar-refractivity contribution in [3.8, 4) is 0 Å². The van der Waals surface area contributed by atoms with Gasteiger partial charge in [-0.05, 0) is 36.2 Å². The number of ether oxygens (including phenoxy) is 11. The standard InChI is InChI=1S/C48H56O18/c1-8-36-42(64-45(53)34-20-14-10-15-21-34)44(65-46(54)35-22-16-11-17-23-35)41(58-25-33-18-12-9-13-19-33)39(63-36)27-59-48(47(55)56-7)24-37(60-30(4)50)28(2)40(66-48)43(62-32(6)52)38(61-31(5)51)26-57-29(3)49/h9-23,28,36-44H,8,24-27H2,1-7H3. The summed E-state index contributed by atoms with van der Waals surface area (Å²) in [5, 5.41) is 0. The molecule has 2 saturated heterocycles. The molecule has 0 bridgehead atoms. The van der Waals surface area contributed by atoms with Crippen LogP contribution in [0.1, 0.15) is 80.7 Å². The fourth-order valence-electron chi connectivity index (χ4n) is 7.81. The lowest BCUT2D eigenvalue weighted by Crippen LogP contribution is -2.65. The normalized spacial score (nSPS) is 25.7. The Balaban J connectivity index is 1.60. The Morgan fingerprint density at radius 1 is 0.682 bits per heavy atom. The predicted octanol–water partition coefficient (Wildman–Crippen LogP) is 4.87. The largest absolute Gasteiger partial charge is 0.465 e. The van der Waals surface area contributed by atoms with Gasteiger partial charge < -0.3 is 52.1 Å². The lowest BCUT2D eigenvalue weighted by Gasteiger charge is -2.49. The highest BCUT2D eigenvalue weighted by atomic mass is 16.8. The number of benzene rings is 3. The summed E-state index contributed by atoms with van der Waals surface area (Å²) in [6, 6.07) is 25.4. The van der Waals surface area contributed by atoms with Crippen LogP contribution in [0.25, 0.3) is 0 Å². The van der Waals surface area contributed by atoms with Gasteiger partial charge >= 0.3 is 41.8 Å². The second-order valence-corrected chi connectivity index (χ2v) is 15.7. The fraction of sp³-hybridized carbons (Fsp3) is 0.479. The molecule has 11 unspecified atom stereocenters. The molecular formula is C48H56O18. The van der Waals surface area contributed by atoms with Gasteiger partial charge in [-0.1, -0.05) is 80.6 Å². The third-order valence-electron chi connectivity index (χ3n) is 10.9. The summed E-state index contributed by atoms with van der Waals surface area (Å²) < 4.78 is 65.9. The number of hydrogen-bond donors (Lipinski definition) is 0. The molecule has 2 aliphatic rings. The van der Waals surface area contributed by atoms with Crippen molar-refractivity contribution >= 4 is 41.8 Å². The highest BCUT2D eigenvalue weighted by Crippen LogP contribution is 2.41. The first kappa shape index (κ1) is 50.8. The van der Waals surface area contributed by atoms with Crippen LogP contribution in [0.15, 0.2) is 91.0 Å². The number of rotatable bonds is 19. The first-order chi connectivity index (χ1) is 31.5. The van der Waals surface area contributed by atoms with Crippen molar-refractivity contribution in [2.24, 2.45) is 5.92 Å². The summed E-state index contributed by atoms with van der Waals surface area (Å²) in [7, 11) is 1.07. The van der Waals surface area contributed by atoms with Gasteiger partial charge in [-0.2, -0.15) is 0 Å². The van der Waals surface area contributed by atoms with E-state index in [2.05, 4.69) is 0 Å². The lowest BCUT2D eigenvalue weighted by molar-refractivity contribution is -0.333. The molecule has 2 heterocycles. The smallest absolute Gasteiger partial charge is 0.366 e. The summed E-state index contributed by atoms with van der Waals surface area (Å²) in [6.45, 7) is 6.56. The van der Waals surface area contributed by atoms with Gasteiger partial charge in [0.25, 0.3) is 5.79 Å². The molecule has 3 aromatic rings. The van der Waals surface area contributed by atoms with Crippen LogP contribution in [-0.2, 0) is 82.7 Å². The Kier molecular flexibility index (Phi) is 18.3. The maximum atomic E-state index is 14.2. The molecule has 0 aromatic heterocycles. The van der Waals surface area contributed by atoms with Crippen LogP contribution in [0, 0.1) is 5.92 Å². The van der Waals surface area contributed by atoms with E-state index in [-0.39, 0.29) is 24.2 Å². The molecule has 0 aliphatic carbocycles. The molecule has 0 saturated carbocycles. The maximum Gasteiger partial charge on any atom is 0.366 e. The van der Waals surface area contributed by atoms with E-state index in [1.807, 2.05) is 18.2 Å². The number of esters is 7. The summed E-state index contributed by atoms with van der Waals surface area (Å²) in [4.78, 5) is 91.4. The van der Waals surface area contributed by atoms with Crippen LogP contribution in [0.2, 0.25) is 0 Å². The number of methoxy groups -OCH3 is 1. The average Bonchev–Trinajstić information content (AvgIpc) is 3.30. The second kappa shape index (κ2) is 23.8. The highest BCUT2D eigenvalue weighted by molar-refractivity contribution is 5.90. The van der Waals surface area contributed by atoms with Crippen molar-refractivity contribution in [3.63, 3.8) is 0 Å². The molecule has 2 fully saturated rings. The number of carbonyl (C=O) groups excluding carboxylic acids is 7. The molecule has 2 aliphatic heterocycles. The SMILES string of the molecule is CCC1OC(COC2(C(=O)OC)CC(OC(C)=O)C(C)C(C(OC(C)=O)C(COC(C)=O)OC(C)=O)O2)C(OCc2ccccc2)C(OC(=O)c2ccccc2)C1OC(=O)c1ccccc1. The Hall–Kier alpha value is -6.21. The number of hydrogen-bond acceptors (Lipinski definition) is 18. The zero-order valence-electron chi connectivity index (χ0n) is 37.8. The quantitative estimate of drug-likeness (QED) is 0.116. The van der Waals surface area contributed by atoms with Gasteiger partial charge in [0.2, 0.25) is 0 Å².